The van der Waals surface area contributed by atoms with E-state index in [4.69, 9.17) is 5.73 Å². The zero-order valence-corrected chi connectivity index (χ0v) is 8.14. The van der Waals surface area contributed by atoms with Gasteiger partial charge in [0.25, 0.3) is 0 Å². The first-order chi connectivity index (χ1) is 5.77. The molecule has 0 bridgehead atoms. The Hall–Kier alpha value is -1.28. The first kappa shape index (κ1) is 9.81. The SMILES string of the molecule is Cc1cc(N)nc2ccccc12.Cl. The molecule has 0 fully saturated rings. The maximum atomic E-state index is 5.61. The van der Waals surface area contributed by atoms with Gasteiger partial charge in [-0.25, -0.2) is 4.98 Å². The maximum Gasteiger partial charge on any atom is 0.124 e. The molecule has 0 amide bonds. The molecule has 1 aromatic carbocycles. The predicted molar refractivity (Wildman–Crippen MR) is 58.1 cm³/mol. The van der Waals surface area contributed by atoms with Gasteiger partial charge in [-0.2, -0.15) is 0 Å². The number of fused-ring (bicyclic) bond motifs is 1. The summed E-state index contributed by atoms with van der Waals surface area (Å²) in [7, 11) is 0. The number of anilines is 1. The Bertz CT molecular complexity index is 426. The van der Waals surface area contributed by atoms with E-state index < -0.39 is 0 Å². The molecule has 0 aliphatic carbocycles. The van der Waals surface area contributed by atoms with E-state index in [0.29, 0.717) is 5.82 Å². The summed E-state index contributed by atoms with van der Waals surface area (Å²) in [6, 6.07) is 9.89. The monoisotopic (exact) mass is 194 g/mol. The molecule has 0 saturated carbocycles. The molecule has 0 radical (unpaired) electrons. The van der Waals surface area contributed by atoms with E-state index in [2.05, 4.69) is 11.1 Å². The molecule has 0 saturated heterocycles. The number of rotatable bonds is 0. The molecule has 0 atom stereocenters. The zero-order valence-electron chi connectivity index (χ0n) is 7.32. The molecule has 2 nitrogen and oxygen atoms in total. The van der Waals surface area contributed by atoms with E-state index >= 15 is 0 Å². The molecule has 1 aromatic heterocycles. The van der Waals surface area contributed by atoms with E-state index in [-0.39, 0.29) is 12.4 Å². The van der Waals surface area contributed by atoms with Crippen molar-refractivity contribution in [2.45, 2.75) is 6.92 Å². The van der Waals surface area contributed by atoms with Crippen LogP contribution in [0.15, 0.2) is 30.3 Å². The fourth-order valence-electron chi connectivity index (χ4n) is 1.38. The summed E-state index contributed by atoms with van der Waals surface area (Å²) in [5, 5.41) is 1.17. The minimum absolute atomic E-state index is 0. The lowest BCUT2D eigenvalue weighted by Gasteiger charge is -2.01. The molecule has 0 aliphatic rings. The van der Waals surface area contributed by atoms with Crippen LogP contribution in [0.5, 0.6) is 0 Å². The third kappa shape index (κ3) is 1.73. The van der Waals surface area contributed by atoms with Gasteiger partial charge in [0.05, 0.1) is 5.52 Å². The third-order valence-electron chi connectivity index (χ3n) is 1.94. The molecule has 2 aromatic rings. The van der Waals surface area contributed by atoms with Crippen LogP contribution in [0.4, 0.5) is 5.82 Å². The van der Waals surface area contributed by atoms with Gasteiger partial charge in [-0.15, -0.1) is 12.4 Å². The van der Waals surface area contributed by atoms with Gasteiger partial charge < -0.3 is 5.73 Å². The summed E-state index contributed by atoms with van der Waals surface area (Å²) in [5.74, 6) is 0.589. The van der Waals surface area contributed by atoms with E-state index in [9.17, 15) is 0 Å². The second-order valence-corrected chi connectivity index (χ2v) is 2.88. The van der Waals surface area contributed by atoms with Crippen molar-refractivity contribution in [1.29, 1.82) is 0 Å². The van der Waals surface area contributed by atoms with E-state index in [1.165, 1.54) is 10.9 Å². The maximum absolute atomic E-state index is 5.61. The number of hydrogen-bond donors (Lipinski definition) is 1. The predicted octanol–water partition coefficient (Wildman–Crippen LogP) is 2.55. The van der Waals surface area contributed by atoms with E-state index in [1.54, 1.807) is 0 Å². The Morgan fingerprint density at radius 1 is 1.23 bits per heavy atom. The first-order valence-electron chi connectivity index (χ1n) is 3.89. The van der Waals surface area contributed by atoms with Gasteiger partial charge in [-0.3, -0.25) is 0 Å². The molecular formula is C10H11ClN2. The quantitative estimate of drug-likeness (QED) is 0.700. The minimum Gasteiger partial charge on any atom is -0.384 e. The number of nitrogen functional groups attached to an aromatic ring is 1. The Morgan fingerprint density at radius 2 is 1.92 bits per heavy atom. The number of aromatic nitrogens is 1. The lowest BCUT2D eigenvalue weighted by Crippen LogP contribution is -1.91. The lowest BCUT2D eigenvalue weighted by atomic mass is 10.1. The topological polar surface area (TPSA) is 38.9 Å². The summed E-state index contributed by atoms with van der Waals surface area (Å²) >= 11 is 0. The number of benzene rings is 1. The fraction of sp³-hybridized carbons (Fsp3) is 0.100. The van der Waals surface area contributed by atoms with Crippen molar-refractivity contribution in [2.75, 3.05) is 5.73 Å². The Kier molecular flexibility index (Phi) is 2.73. The summed E-state index contributed by atoms with van der Waals surface area (Å²) in [6.45, 7) is 2.04. The molecule has 68 valence electrons. The van der Waals surface area contributed by atoms with Gasteiger partial charge in [-0.1, -0.05) is 18.2 Å². The summed E-state index contributed by atoms with van der Waals surface area (Å²) in [4.78, 5) is 4.21. The summed E-state index contributed by atoms with van der Waals surface area (Å²) in [5.41, 5.74) is 7.76. The average Bonchev–Trinajstić information content (AvgIpc) is 2.04. The molecule has 0 unspecified atom stereocenters. The normalized spacial score (nSPS) is 9.62. The number of halogens is 1. The van der Waals surface area contributed by atoms with Crippen LogP contribution in [-0.4, -0.2) is 4.98 Å². The van der Waals surface area contributed by atoms with Crippen molar-refractivity contribution in [3.63, 3.8) is 0 Å². The fourth-order valence-corrected chi connectivity index (χ4v) is 1.38. The molecule has 13 heavy (non-hydrogen) atoms. The van der Waals surface area contributed by atoms with E-state index in [1.807, 2.05) is 31.2 Å². The van der Waals surface area contributed by atoms with Crippen molar-refractivity contribution in [1.82, 2.24) is 4.98 Å². The second-order valence-electron chi connectivity index (χ2n) is 2.88. The standard InChI is InChI=1S/C10H10N2.ClH/c1-7-6-10(11)12-9-5-3-2-4-8(7)9;/h2-6H,1H3,(H2,11,12);1H. The number of hydrogen-bond acceptors (Lipinski definition) is 2. The van der Waals surface area contributed by atoms with Crippen molar-refractivity contribution in [3.05, 3.63) is 35.9 Å². The molecule has 2 rings (SSSR count). The molecular weight excluding hydrogens is 184 g/mol. The average molecular weight is 195 g/mol. The number of pyridine rings is 1. The number of nitrogens with two attached hydrogens (primary N) is 1. The lowest BCUT2D eigenvalue weighted by molar-refractivity contribution is 1.37. The summed E-state index contributed by atoms with van der Waals surface area (Å²) < 4.78 is 0. The Morgan fingerprint density at radius 3 is 2.69 bits per heavy atom. The smallest absolute Gasteiger partial charge is 0.124 e. The van der Waals surface area contributed by atoms with Gasteiger partial charge in [0, 0.05) is 5.39 Å². The number of aryl methyl sites for hydroxylation is 1. The van der Waals surface area contributed by atoms with Crippen LogP contribution in [0.25, 0.3) is 10.9 Å². The molecule has 0 spiro atoms. The summed E-state index contributed by atoms with van der Waals surface area (Å²) in [6.07, 6.45) is 0. The van der Waals surface area contributed by atoms with Crippen LogP contribution < -0.4 is 5.73 Å². The van der Waals surface area contributed by atoms with E-state index in [0.717, 1.165) is 5.52 Å². The van der Waals surface area contributed by atoms with Crippen LogP contribution in [0.1, 0.15) is 5.56 Å². The Balaban J connectivity index is 0.000000845. The van der Waals surface area contributed by atoms with Crippen LogP contribution >= 0.6 is 12.4 Å². The first-order valence-corrected chi connectivity index (χ1v) is 3.89. The van der Waals surface area contributed by atoms with Crippen molar-refractivity contribution in [2.24, 2.45) is 0 Å². The third-order valence-corrected chi connectivity index (χ3v) is 1.94. The highest BCUT2D eigenvalue weighted by molar-refractivity contribution is 5.85. The number of para-hydroxylation sites is 1. The van der Waals surface area contributed by atoms with Crippen LogP contribution in [0.3, 0.4) is 0 Å². The van der Waals surface area contributed by atoms with Crippen LogP contribution in [-0.2, 0) is 0 Å². The van der Waals surface area contributed by atoms with Crippen LogP contribution in [0, 0.1) is 6.92 Å². The van der Waals surface area contributed by atoms with Crippen molar-refractivity contribution >= 4 is 29.1 Å². The van der Waals surface area contributed by atoms with Crippen molar-refractivity contribution < 1.29 is 0 Å². The second kappa shape index (κ2) is 3.62. The zero-order chi connectivity index (χ0) is 8.55. The van der Waals surface area contributed by atoms with Crippen molar-refractivity contribution in [3.8, 4) is 0 Å². The van der Waals surface area contributed by atoms with Gasteiger partial charge in [0.15, 0.2) is 0 Å². The van der Waals surface area contributed by atoms with Gasteiger partial charge in [0.1, 0.15) is 5.82 Å². The molecule has 1 heterocycles. The van der Waals surface area contributed by atoms with Gasteiger partial charge >= 0.3 is 0 Å². The number of nitrogens with zero attached hydrogens (tertiary/aromatic N) is 1. The Labute approximate surface area is 83.2 Å². The molecule has 0 aliphatic heterocycles. The van der Waals surface area contributed by atoms with Crippen LogP contribution in [0.2, 0.25) is 0 Å². The minimum atomic E-state index is 0. The highest BCUT2D eigenvalue weighted by atomic mass is 35.5. The molecule has 2 N–H and O–H groups in total. The molecule has 3 heteroatoms. The highest BCUT2D eigenvalue weighted by Gasteiger charge is 1.97. The largest absolute Gasteiger partial charge is 0.384 e. The highest BCUT2D eigenvalue weighted by Crippen LogP contribution is 2.17. The van der Waals surface area contributed by atoms with Gasteiger partial charge in [-0.05, 0) is 24.6 Å². The van der Waals surface area contributed by atoms with Gasteiger partial charge in [0.2, 0.25) is 0 Å².